The third-order valence-corrected chi connectivity index (χ3v) is 5.77. The number of ether oxygens (including phenoxy) is 1. The fourth-order valence-electron chi connectivity index (χ4n) is 3.84. The zero-order valence-electron chi connectivity index (χ0n) is 17.6. The first-order valence-electron chi connectivity index (χ1n) is 10.5. The van der Waals surface area contributed by atoms with E-state index >= 15 is 0 Å². The summed E-state index contributed by atoms with van der Waals surface area (Å²) >= 11 is 6.40. The highest BCUT2D eigenvalue weighted by Crippen LogP contribution is 2.23. The van der Waals surface area contributed by atoms with Gasteiger partial charge in [0.1, 0.15) is 11.6 Å². The van der Waals surface area contributed by atoms with Crippen molar-refractivity contribution in [2.45, 2.75) is 39.7 Å². The van der Waals surface area contributed by atoms with Gasteiger partial charge in [-0.3, -0.25) is 0 Å². The molecule has 0 saturated heterocycles. The molecule has 0 N–H and O–H groups in total. The number of halogens is 1. The standard InChI is InChI=1S/C26H27ClN2O/c1-19-13-14-25(20(2)17-19)30-16-8-7-15-29-24-12-6-5-11-23(24)28-26(29)18-21-9-3-4-10-22(21)27/h3-6,9-14,17H,7-8,15-16,18H2,1-2H3. The molecule has 3 aromatic carbocycles. The predicted octanol–water partition coefficient (Wildman–Crippen LogP) is 6.76. The van der Waals surface area contributed by atoms with Crippen molar-refractivity contribution in [3.8, 4) is 5.75 Å². The van der Waals surface area contributed by atoms with Gasteiger partial charge in [0.15, 0.2) is 0 Å². The Morgan fingerprint density at radius 1 is 0.933 bits per heavy atom. The zero-order valence-corrected chi connectivity index (χ0v) is 18.3. The van der Waals surface area contributed by atoms with Gasteiger partial charge in [-0.15, -0.1) is 0 Å². The molecule has 1 heterocycles. The Balaban J connectivity index is 1.43. The highest BCUT2D eigenvalue weighted by molar-refractivity contribution is 6.31. The number of para-hydroxylation sites is 2. The van der Waals surface area contributed by atoms with E-state index in [1.54, 1.807) is 0 Å². The summed E-state index contributed by atoms with van der Waals surface area (Å²) in [6.07, 6.45) is 2.75. The summed E-state index contributed by atoms with van der Waals surface area (Å²) in [6, 6.07) is 22.7. The van der Waals surface area contributed by atoms with E-state index in [0.29, 0.717) is 0 Å². The van der Waals surface area contributed by atoms with Crippen molar-refractivity contribution in [2.24, 2.45) is 0 Å². The van der Waals surface area contributed by atoms with Crippen LogP contribution in [0.5, 0.6) is 5.75 Å². The van der Waals surface area contributed by atoms with E-state index in [2.05, 4.69) is 60.9 Å². The van der Waals surface area contributed by atoms with Crippen LogP contribution >= 0.6 is 11.6 Å². The summed E-state index contributed by atoms with van der Waals surface area (Å²) in [5.41, 5.74) is 5.77. The maximum Gasteiger partial charge on any atom is 0.122 e. The molecule has 4 aromatic rings. The molecule has 0 bridgehead atoms. The van der Waals surface area contributed by atoms with Crippen molar-refractivity contribution >= 4 is 22.6 Å². The van der Waals surface area contributed by atoms with E-state index < -0.39 is 0 Å². The Bertz CT molecular complexity index is 1150. The minimum absolute atomic E-state index is 0.719. The van der Waals surface area contributed by atoms with Gasteiger partial charge in [0.25, 0.3) is 0 Å². The summed E-state index contributed by atoms with van der Waals surface area (Å²) in [7, 11) is 0. The molecule has 0 amide bonds. The number of imidazole rings is 1. The van der Waals surface area contributed by atoms with E-state index in [4.69, 9.17) is 21.3 Å². The van der Waals surface area contributed by atoms with Crippen LogP contribution in [0, 0.1) is 13.8 Å². The van der Waals surface area contributed by atoms with Crippen molar-refractivity contribution in [2.75, 3.05) is 6.61 Å². The highest BCUT2D eigenvalue weighted by atomic mass is 35.5. The van der Waals surface area contributed by atoms with Gasteiger partial charge in [0, 0.05) is 18.0 Å². The summed E-state index contributed by atoms with van der Waals surface area (Å²) < 4.78 is 8.33. The fraction of sp³-hybridized carbons (Fsp3) is 0.269. The first-order chi connectivity index (χ1) is 14.6. The molecule has 0 radical (unpaired) electrons. The van der Waals surface area contributed by atoms with Crippen LogP contribution in [0.2, 0.25) is 5.02 Å². The Labute approximate surface area is 183 Å². The summed E-state index contributed by atoms with van der Waals surface area (Å²) in [5.74, 6) is 2.03. The molecule has 3 nitrogen and oxygen atoms in total. The van der Waals surface area contributed by atoms with Crippen molar-refractivity contribution in [3.05, 3.63) is 94.3 Å². The van der Waals surface area contributed by atoms with Gasteiger partial charge < -0.3 is 9.30 Å². The molecule has 0 aliphatic carbocycles. The van der Waals surface area contributed by atoms with E-state index in [9.17, 15) is 0 Å². The molecule has 30 heavy (non-hydrogen) atoms. The zero-order chi connectivity index (χ0) is 20.9. The van der Waals surface area contributed by atoms with Crippen molar-refractivity contribution < 1.29 is 4.74 Å². The number of unbranched alkanes of at least 4 members (excludes halogenated alkanes) is 1. The average molecular weight is 419 g/mol. The van der Waals surface area contributed by atoms with Crippen LogP contribution in [-0.4, -0.2) is 16.2 Å². The largest absolute Gasteiger partial charge is 0.493 e. The number of fused-ring (bicyclic) bond motifs is 1. The van der Waals surface area contributed by atoms with Crippen molar-refractivity contribution in [1.82, 2.24) is 9.55 Å². The fourth-order valence-corrected chi connectivity index (χ4v) is 4.04. The minimum Gasteiger partial charge on any atom is -0.493 e. The van der Waals surface area contributed by atoms with E-state index in [0.717, 1.165) is 60.1 Å². The number of benzene rings is 3. The first kappa shape index (κ1) is 20.5. The Morgan fingerprint density at radius 2 is 1.73 bits per heavy atom. The molecule has 4 rings (SSSR count). The molecule has 0 spiro atoms. The summed E-state index contributed by atoms with van der Waals surface area (Å²) in [4.78, 5) is 4.89. The average Bonchev–Trinajstić information content (AvgIpc) is 3.08. The van der Waals surface area contributed by atoms with Gasteiger partial charge in [0.05, 0.1) is 17.6 Å². The van der Waals surface area contributed by atoms with E-state index in [1.807, 2.05) is 24.3 Å². The molecule has 0 aliphatic heterocycles. The van der Waals surface area contributed by atoms with Crippen molar-refractivity contribution in [3.63, 3.8) is 0 Å². The normalized spacial score (nSPS) is 11.2. The SMILES string of the molecule is Cc1ccc(OCCCCn2c(Cc3ccccc3Cl)nc3ccccc32)c(C)c1. The lowest BCUT2D eigenvalue weighted by molar-refractivity contribution is 0.301. The molecular formula is C26H27ClN2O. The molecular weight excluding hydrogens is 392 g/mol. The van der Waals surface area contributed by atoms with Crippen LogP contribution in [0.25, 0.3) is 11.0 Å². The number of aryl methyl sites for hydroxylation is 3. The van der Waals surface area contributed by atoms with Crippen molar-refractivity contribution in [1.29, 1.82) is 0 Å². The second-order valence-corrected chi connectivity index (χ2v) is 8.17. The van der Waals surface area contributed by atoms with Gasteiger partial charge >= 0.3 is 0 Å². The second kappa shape index (κ2) is 9.36. The Hall–Kier alpha value is -2.78. The Morgan fingerprint density at radius 3 is 2.57 bits per heavy atom. The van der Waals surface area contributed by atoms with E-state index in [-0.39, 0.29) is 0 Å². The molecule has 0 aliphatic rings. The maximum atomic E-state index is 6.40. The van der Waals surface area contributed by atoms with Gasteiger partial charge in [-0.05, 0) is 62.1 Å². The number of hydrogen-bond acceptors (Lipinski definition) is 2. The quantitative estimate of drug-likeness (QED) is 0.296. The van der Waals surface area contributed by atoms with Gasteiger partial charge in [0.2, 0.25) is 0 Å². The van der Waals surface area contributed by atoms with Gasteiger partial charge in [-0.1, -0.05) is 59.6 Å². The monoisotopic (exact) mass is 418 g/mol. The molecule has 154 valence electrons. The van der Waals surface area contributed by atoms with Gasteiger partial charge in [-0.2, -0.15) is 0 Å². The third kappa shape index (κ3) is 4.68. The predicted molar refractivity (Wildman–Crippen MR) is 125 cm³/mol. The molecule has 4 heteroatoms. The van der Waals surface area contributed by atoms with Crippen LogP contribution in [0.15, 0.2) is 66.7 Å². The molecule has 0 unspecified atom stereocenters. The molecule has 1 aromatic heterocycles. The van der Waals surface area contributed by atoms with Crippen LogP contribution < -0.4 is 4.74 Å². The van der Waals surface area contributed by atoms with Crippen LogP contribution in [0.3, 0.4) is 0 Å². The summed E-state index contributed by atoms with van der Waals surface area (Å²) in [6.45, 7) is 5.83. The van der Waals surface area contributed by atoms with Crippen LogP contribution in [-0.2, 0) is 13.0 Å². The van der Waals surface area contributed by atoms with Crippen LogP contribution in [0.1, 0.15) is 35.4 Å². The second-order valence-electron chi connectivity index (χ2n) is 7.76. The number of rotatable bonds is 8. The lowest BCUT2D eigenvalue weighted by Gasteiger charge is -2.12. The van der Waals surface area contributed by atoms with Gasteiger partial charge in [-0.25, -0.2) is 4.98 Å². The van der Waals surface area contributed by atoms with E-state index in [1.165, 1.54) is 16.6 Å². The molecule has 0 saturated carbocycles. The lowest BCUT2D eigenvalue weighted by Crippen LogP contribution is -2.07. The summed E-state index contributed by atoms with van der Waals surface area (Å²) in [5, 5.41) is 0.790. The molecule has 0 fully saturated rings. The Kier molecular flexibility index (Phi) is 6.39. The number of aromatic nitrogens is 2. The van der Waals surface area contributed by atoms with Crippen LogP contribution in [0.4, 0.5) is 0 Å². The third-order valence-electron chi connectivity index (χ3n) is 5.40. The lowest BCUT2D eigenvalue weighted by atomic mass is 10.1. The highest BCUT2D eigenvalue weighted by Gasteiger charge is 2.12. The number of nitrogens with zero attached hydrogens (tertiary/aromatic N) is 2. The smallest absolute Gasteiger partial charge is 0.122 e. The molecule has 0 atom stereocenters. The number of hydrogen-bond donors (Lipinski definition) is 0. The first-order valence-corrected chi connectivity index (χ1v) is 10.9. The maximum absolute atomic E-state index is 6.40. The topological polar surface area (TPSA) is 27.1 Å². The minimum atomic E-state index is 0.719.